The Bertz CT molecular complexity index is 675. The van der Waals surface area contributed by atoms with Crippen molar-refractivity contribution in [3.05, 3.63) is 24.5 Å². The van der Waals surface area contributed by atoms with Gasteiger partial charge in [-0.2, -0.15) is 5.10 Å². The SMILES string of the molecule is COCCn1cc(Nc2ccc3nnnn3n2)cn1. The van der Waals surface area contributed by atoms with Crippen LogP contribution in [0.3, 0.4) is 0 Å². The van der Waals surface area contributed by atoms with Crippen LogP contribution in [0.25, 0.3) is 5.65 Å². The van der Waals surface area contributed by atoms with E-state index < -0.39 is 0 Å². The van der Waals surface area contributed by atoms with Crippen LogP contribution in [0.2, 0.25) is 0 Å². The molecule has 0 bridgehead atoms. The highest BCUT2D eigenvalue weighted by Gasteiger charge is 2.03. The molecule has 0 aromatic carbocycles. The van der Waals surface area contributed by atoms with Gasteiger partial charge >= 0.3 is 0 Å². The van der Waals surface area contributed by atoms with Crippen molar-refractivity contribution in [2.24, 2.45) is 0 Å². The topological polar surface area (TPSA) is 95.0 Å². The first-order chi connectivity index (χ1) is 9.35. The van der Waals surface area contributed by atoms with Gasteiger partial charge in [0.15, 0.2) is 11.5 Å². The Morgan fingerprint density at radius 1 is 1.37 bits per heavy atom. The Balaban J connectivity index is 1.74. The van der Waals surface area contributed by atoms with E-state index in [2.05, 4.69) is 31.0 Å². The minimum absolute atomic E-state index is 0.598. The normalized spacial score (nSPS) is 11.0. The molecular weight excluding hydrogens is 248 g/mol. The lowest BCUT2D eigenvalue weighted by atomic mass is 10.5. The van der Waals surface area contributed by atoms with Crippen molar-refractivity contribution in [3.63, 3.8) is 0 Å². The summed E-state index contributed by atoms with van der Waals surface area (Å²) in [6.07, 6.45) is 3.60. The maximum absolute atomic E-state index is 4.99. The fourth-order valence-corrected chi connectivity index (χ4v) is 1.60. The third-order valence-corrected chi connectivity index (χ3v) is 2.50. The van der Waals surface area contributed by atoms with Crippen LogP contribution in [-0.2, 0) is 11.3 Å². The number of methoxy groups -OCH3 is 1. The molecule has 0 aliphatic rings. The molecule has 3 aromatic rings. The number of nitrogens with zero attached hydrogens (tertiary/aromatic N) is 7. The molecule has 1 N–H and O–H groups in total. The second-order valence-electron chi connectivity index (χ2n) is 3.85. The molecule has 0 unspecified atom stereocenters. The summed E-state index contributed by atoms with van der Waals surface area (Å²) < 4.78 is 8.15. The average Bonchev–Trinajstić information content (AvgIpc) is 3.05. The number of ether oxygens (including phenoxy) is 1. The third-order valence-electron chi connectivity index (χ3n) is 2.50. The van der Waals surface area contributed by atoms with Crippen LogP contribution < -0.4 is 5.32 Å². The number of hydrogen-bond acceptors (Lipinski definition) is 7. The molecule has 0 atom stereocenters. The largest absolute Gasteiger partial charge is 0.383 e. The number of nitrogens with one attached hydrogen (secondary N) is 1. The molecule has 9 nitrogen and oxygen atoms in total. The van der Waals surface area contributed by atoms with Gasteiger partial charge in [0.2, 0.25) is 0 Å². The summed E-state index contributed by atoms with van der Waals surface area (Å²) >= 11 is 0. The first-order valence-corrected chi connectivity index (χ1v) is 5.69. The van der Waals surface area contributed by atoms with Gasteiger partial charge in [0.05, 0.1) is 25.0 Å². The Morgan fingerprint density at radius 3 is 3.21 bits per heavy atom. The maximum atomic E-state index is 4.99. The predicted molar refractivity (Wildman–Crippen MR) is 66.0 cm³/mol. The quantitative estimate of drug-likeness (QED) is 0.695. The Hall–Kier alpha value is -2.55. The second-order valence-corrected chi connectivity index (χ2v) is 3.85. The first-order valence-electron chi connectivity index (χ1n) is 5.69. The maximum Gasteiger partial charge on any atom is 0.200 e. The van der Waals surface area contributed by atoms with Crippen molar-refractivity contribution in [3.8, 4) is 0 Å². The van der Waals surface area contributed by atoms with Gasteiger partial charge in [-0.25, -0.2) is 0 Å². The number of tetrazole rings is 1. The van der Waals surface area contributed by atoms with Gasteiger partial charge in [-0.3, -0.25) is 4.68 Å². The van der Waals surface area contributed by atoms with E-state index in [9.17, 15) is 0 Å². The summed E-state index contributed by atoms with van der Waals surface area (Å²) in [5.41, 5.74) is 1.44. The molecule has 0 fully saturated rings. The standard InChI is InChI=1S/C10H12N8O/c1-19-5-4-17-7-8(6-11-17)12-9-2-3-10-13-15-16-18(10)14-9/h2-3,6-7H,4-5H2,1H3,(H,12,14). The molecule has 98 valence electrons. The van der Waals surface area contributed by atoms with Crippen molar-refractivity contribution in [2.75, 3.05) is 19.0 Å². The molecule has 0 radical (unpaired) electrons. The van der Waals surface area contributed by atoms with E-state index in [0.717, 1.165) is 5.69 Å². The summed E-state index contributed by atoms with van der Waals surface area (Å²) in [7, 11) is 1.66. The van der Waals surface area contributed by atoms with E-state index in [0.29, 0.717) is 24.6 Å². The van der Waals surface area contributed by atoms with E-state index in [1.807, 2.05) is 6.20 Å². The molecule has 9 heteroatoms. The lowest BCUT2D eigenvalue weighted by Gasteiger charge is -2.01. The zero-order valence-electron chi connectivity index (χ0n) is 10.3. The molecule has 0 saturated heterocycles. The monoisotopic (exact) mass is 260 g/mol. The van der Waals surface area contributed by atoms with Crippen molar-refractivity contribution in [1.82, 2.24) is 35.0 Å². The molecule has 0 spiro atoms. The summed E-state index contributed by atoms with van der Waals surface area (Å²) in [6.45, 7) is 1.33. The first kappa shape index (κ1) is 11.5. The summed E-state index contributed by atoms with van der Waals surface area (Å²) in [5.74, 6) is 0.645. The fourth-order valence-electron chi connectivity index (χ4n) is 1.60. The lowest BCUT2D eigenvalue weighted by Crippen LogP contribution is -2.04. The van der Waals surface area contributed by atoms with Crippen LogP contribution in [0.5, 0.6) is 0 Å². The van der Waals surface area contributed by atoms with Crippen LogP contribution >= 0.6 is 0 Å². The van der Waals surface area contributed by atoms with E-state index in [1.165, 1.54) is 4.63 Å². The highest BCUT2D eigenvalue weighted by Crippen LogP contribution is 2.13. The Kier molecular flexibility index (Phi) is 3.02. The molecule has 0 aliphatic carbocycles. The minimum Gasteiger partial charge on any atom is -0.383 e. The zero-order chi connectivity index (χ0) is 13.1. The Morgan fingerprint density at radius 2 is 2.32 bits per heavy atom. The van der Waals surface area contributed by atoms with Gasteiger partial charge in [0.25, 0.3) is 0 Å². The number of anilines is 2. The van der Waals surface area contributed by atoms with Crippen LogP contribution in [-0.4, -0.2) is 48.8 Å². The van der Waals surface area contributed by atoms with E-state index in [1.54, 1.807) is 30.1 Å². The van der Waals surface area contributed by atoms with E-state index in [-0.39, 0.29) is 0 Å². The molecular formula is C10H12N8O. The summed E-state index contributed by atoms with van der Waals surface area (Å²) in [6, 6.07) is 3.59. The second kappa shape index (κ2) is 4.98. The molecule has 3 aromatic heterocycles. The number of rotatable bonds is 5. The van der Waals surface area contributed by atoms with Crippen molar-refractivity contribution < 1.29 is 4.74 Å². The number of aromatic nitrogens is 7. The highest BCUT2D eigenvalue weighted by molar-refractivity contribution is 5.54. The number of fused-ring (bicyclic) bond motifs is 1. The highest BCUT2D eigenvalue weighted by atomic mass is 16.5. The summed E-state index contributed by atoms with van der Waals surface area (Å²) in [4.78, 5) is 0. The zero-order valence-corrected chi connectivity index (χ0v) is 10.3. The average molecular weight is 260 g/mol. The van der Waals surface area contributed by atoms with Gasteiger partial charge in [-0.1, -0.05) is 0 Å². The number of hydrogen-bond donors (Lipinski definition) is 1. The van der Waals surface area contributed by atoms with E-state index in [4.69, 9.17) is 4.74 Å². The van der Waals surface area contributed by atoms with Gasteiger partial charge < -0.3 is 10.1 Å². The molecule has 3 heterocycles. The van der Waals surface area contributed by atoms with E-state index >= 15 is 0 Å². The predicted octanol–water partition coefficient (Wildman–Crippen LogP) is 0.106. The van der Waals surface area contributed by atoms with Crippen LogP contribution in [0.1, 0.15) is 0 Å². The van der Waals surface area contributed by atoms with Crippen molar-refractivity contribution in [1.29, 1.82) is 0 Å². The van der Waals surface area contributed by atoms with Gasteiger partial charge in [-0.15, -0.1) is 14.8 Å². The van der Waals surface area contributed by atoms with Crippen LogP contribution in [0.4, 0.5) is 11.5 Å². The van der Waals surface area contributed by atoms with Crippen molar-refractivity contribution in [2.45, 2.75) is 6.54 Å². The lowest BCUT2D eigenvalue weighted by molar-refractivity contribution is 0.183. The molecule has 0 aliphatic heterocycles. The van der Waals surface area contributed by atoms with Crippen LogP contribution in [0, 0.1) is 0 Å². The summed E-state index contributed by atoms with van der Waals surface area (Å²) in [5, 5.41) is 22.6. The van der Waals surface area contributed by atoms with Gasteiger partial charge in [-0.05, 0) is 22.6 Å². The molecule has 3 rings (SSSR count). The van der Waals surface area contributed by atoms with Gasteiger partial charge in [0.1, 0.15) is 0 Å². The smallest absolute Gasteiger partial charge is 0.200 e. The van der Waals surface area contributed by atoms with Crippen molar-refractivity contribution >= 4 is 17.2 Å². The minimum atomic E-state index is 0.598. The molecule has 0 amide bonds. The third kappa shape index (κ3) is 2.50. The van der Waals surface area contributed by atoms with Gasteiger partial charge in [0, 0.05) is 13.3 Å². The van der Waals surface area contributed by atoms with Crippen LogP contribution in [0.15, 0.2) is 24.5 Å². The molecule has 0 saturated carbocycles. The fraction of sp³-hybridized carbons (Fsp3) is 0.300. The Labute approximate surface area is 108 Å². The molecule has 19 heavy (non-hydrogen) atoms.